The summed E-state index contributed by atoms with van der Waals surface area (Å²) in [5, 5.41) is 3.09. The second-order valence-electron chi connectivity index (χ2n) is 7.36. The zero-order valence-electron chi connectivity index (χ0n) is 16.8. The third-order valence-electron chi connectivity index (χ3n) is 5.11. The van der Waals surface area contributed by atoms with Crippen LogP contribution in [-0.4, -0.2) is 28.1 Å². The van der Waals surface area contributed by atoms with E-state index in [-0.39, 0.29) is 18.6 Å². The van der Waals surface area contributed by atoms with E-state index in [4.69, 9.17) is 11.2 Å². The molecule has 4 rings (SSSR count). The number of aromatic nitrogens is 2. The Morgan fingerprint density at radius 2 is 2.07 bits per heavy atom. The maximum atomic E-state index is 12.4. The Labute approximate surface area is 176 Å². The topological polar surface area (TPSA) is 56.1 Å². The van der Waals surface area contributed by atoms with Crippen molar-refractivity contribution in [1.29, 1.82) is 0 Å². The molecule has 1 aromatic heterocycles. The van der Waals surface area contributed by atoms with Crippen LogP contribution in [0.2, 0.25) is 0 Å². The van der Waals surface area contributed by atoms with E-state index in [1.54, 1.807) is 18.5 Å². The van der Waals surface area contributed by atoms with Crippen molar-refractivity contribution in [3.8, 4) is 23.8 Å². The number of aryl methyl sites for hydroxylation is 1. The predicted molar refractivity (Wildman–Crippen MR) is 117 cm³/mol. The molecule has 0 unspecified atom stereocenters. The molecule has 0 aliphatic heterocycles. The first-order valence-electron chi connectivity index (χ1n) is 9.89. The minimum absolute atomic E-state index is 0.104. The molecule has 1 aliphatic rings. The summed E-state index contributed by atoms with van der Waals surface area (Å²) in [5.74, 6) is 3.02. The van der Waals surface area contributed by atoms with E-state index < -0.39 is 0 Å². The van der Waals surface area contributed by atoms with Crippen molar-refractivity contribution >= 4 is 12.0 Å². The monoisotopic (exact) mass is 397 g/mol. The van der Waals surface area contributed by atoms with Gasteiger partial charge in [-0.3, -0.25) is 4.79 Å². The molecule has 30 heavy (non-hydrogen) atoms. The van der Waals surface area contributed by atoms with Crippen LogP contribution in [0, 0.1) is 19.3 Å². The van der Waals surface area contributed by atoms with E-state index >= 15 is 0 Å². The Balaban J connectivity index is 1.45. The first-order valence-corrected chi connectivity index (χ1v) is 9.89. The summed E-state index contributed by atoms with van der Waals surface area (Å²) < 4.78 is 7.61. The van der Waals surface area contributed by atoms with Gasteiger partial charge in [-0.15, -0.1) is 6.42 Å². The fraction of sp³-hybridized carbons (Fsp3) is 0.200. The number of carbonyl (C=O) groups excluding carboxylic acids is 1. The van der Waals surface area contributed by atoms with Gasteiger partial charge in [-0.1, -0.05) is 36.3 Å². The lowest BCUT2D eigenvalue weighted by molar-refractivity contribution is -0.117. The van der Waals surface area contributed by atoms with Gasteiger partial charge in [-0.05, 0) is 54.7 Å². The molecule has 5 heteroatoms. The number of benzene rings is 2. The fourth-order valence-corrected chi connectivity index (χ4v) is 3.72. The minimum Gasteiger partial charge on any atom is -0.479 e. The number of ether oxygens (including phenoxy) is 1. The number of hydrogen-bond acceptors (Lipinski definition) is 3. The van der Waals surface area contributed by atoms with Crippen LogP contribution in [0.5, 0.6) is 5.75 Å². The van der Waals surface area contributed by atoms with Crippen LogP contribution in [0.15, 0.2) is 61.1 Å². The smallest absolute Gasteiger partial charge is 0.244 e. The number of imidazole rings is 1. The Morgan fingerprint density at radius 3 is 2.73 bits per heavy atom. The highest BCUT2D eigenvalue weighted by Gasteiger charge is 2.21. The molecule has 1 aliphatic carbocycles. The highest BCUT2D eigenvalue weighted by Crippen LogP contribution is 2.26. The minimum atomic E-state index is -0.104. The number of nitrogens with one attached hydrogen (secondary N) is 1. The average molecular weight is 397 g/mol. The lowest BCUT2D eigenvalue weighted by atomic mass is 10.1. The van der Waals surface area contributed by atoms with E-state index in [0.717, 1.165) is 29.8 Å². The Bertz CT molecular complexity index is 1110. The lowest BCUT2D eigenvalue weighted by Crippen LogP contribution is -2.34. The van der Waals surface area contributed by atoms with Gasteiger partial charge in [-0.25, -0.2) is 4.98 Å². The van der Waals surface area contributed by atoms with Crippen LogP contribution in [0.1, 0.15) is 22.4 Å². The zero-order valence-corrected chi connectivity index (χ0v) is 16.8. The lowest BCUT2D eigenvalue weighted by Gasteiger charge is -2.12. The van der Waals surface area contributed by atoms with Crippen LogP contribution in [0.25, 0.3) is 11.8 Å². The third-order valence-corrected chi connectivity index (χ3v) is 5.11. The normalized spacial score (nSPS) is 13.2. The summed E-state index contributed by atoms with van der Waals surface area (Å²) in [6.07, 6.45) is 14.1. The Hall–Kier alpha value is -3.78. The second kappa shape index (κ2) is 8.71. The van der Waals surface area contributed by atoms with Gasteiger partial charge in [0.2, 0.25) is 5.91 Å². The van der Waals surface area contributed by atoms with E-state index in [1.807, 2.05) is 48.0 Å². The molecule has 1 amide bonds. The molecule has 2 aromatic carbocycles. The second-order valence-corrected chi connectivity index (χ2v) is 7.36. The van der Waals surface area contributed by atoms with E-state index in [1.165, 1.54) is 11.1 Å². The number of terminal acetylenes is 1. The molecule has 150 valence electrons. The fourth-order valence-electron chi connectivity index (χ4n) is 3.72. The van der Waals surface area contributed by atoms with Gasteiger partial charge in [0.25, 0.3) is 0 Å². The molecule has 0 fully saturated rings. The number of fused-ring (bicyclic) bond motifs is 1. The van der Waals surface area contributed by atoms with E-state index in [2.05, 4.69) is 28.4 Å². The molecule has 5 nitrogen and oxygen atoms in total. The molecule has 1 heterocycles. The van der Waals surface area contributed by atoms with E-state index in [9.17, 15) is 4.79 Å². The Kier molecular flexibility index (Phi) is 5.67. The van der Waals surface area contributed by atoms with Gasteiger partial charge in [0.1, 0.15) is 12.4 Å². The first kappa shape index (κ1) is 19.5. The molecule has 0 spiro atoms. The van der Waals surface area contributed by atoms with Crippen LogP contribution < -0.4 is 10.1 Å². The molecular weight excluding hydrogens is 374 g/mol. The third kappa shape index (κ3) is 4.44. The van der Waals surface area contributed by atoms with Crippen LogP contribution in [0.4, 0.5) is 0 Å². The highest BCUT2D eigenvalue weighted by molar-refractivity contribution is 5.92. The van der Waals surface area contributed by atoms with Gasteiger partial charge in [0.05, 0.1) is 17.7 Å². The number of amides is 1. The van der Waals surface area contributed by atoms with Gasteiger partial charge in [0, 0.05) is 18.3 Å². The SMILES string of the molecule is C#CCOc1cc(/C=C/C(=O)NC2Cc3ccccc3C2)ccc1-n1cnc(C)c1. The molecular formula is C25H23N3O2. The van der Waals surface area contributed by atoms with Gasteiger partial charge in [-0.2, -0.15) is 0 Å². The largest absolute Gasteiger partial charge is 0.479 e. The van der Waals surface area contributed by atoms with Crippen molar-refractivity contribution < 1.29 is 9.53 Å². The number of nitrogens with zero attached hydrogens (tertiary/aromatic N) is 2. The summed E-state index contributed by atoms with van der Waals surface area (Å²) in [5.41, 5.74) is 5.23. The molecule has 0 radical (unpaired) electrons. The molecule has 3 aromatic rings. The average Bonchev–Trinajstić information content (AvgIpc) is 3.36. The van der Waals surface area contributed by atoms with Crippen molar-refractivity contribution in [1.82, 2.24) is 14.9 Å². The van der Waals surface area contributed by atoms with Crippen molar-refractivity contribution in [2.45, 2.75) is 25.8 Å². The standard InChI is InChI=1S/C25H23N3O2/c1-3-12-30-24-13-19(8-10-23(24)28-16-18(2)26-17-28)9-11-25(29)27-22-14-20-6-4-5-7-21(20)15-22/h1,4-11,13,16-17,22H,12,14-15H2,2H3,(H,27,29)/b11-9+. The Morgan fingerprint density at radius 1 is 1.30 bits per heavy atom. The van der Waals surface area contributed by atoms with Crippen LogP contribution >= 0.6 is 0 Å². The van der Waals surface area contributed by atoms with Crippen LogP contribution in [0.3, 0.4) is 0 Å². The zero-order chi connectivity index (χ0) is 20.9. The summed E-state index contributed by atoms with van der Waals surface area (Å²) in [4.78, 5) is 16.7. The maximum absolute atomic E-state index is 12.4. The van der Waals surface area contributed by atoms with Crippen molar-refractivity contribution in [2.24, 2.45) is 0 Å². The summed E-state index contributed by atoms with van der Waals surface area (Å²) in [6.45, 7) is 2.09. The molecule has 1 N–H and O–H groups in total. The highest BCUT2D eigenvalue weighted by atomic mass is 16.5. The summed E-state index contributed by atoms with van der Waals surface area (Å²) in [6, 6.07) is 14.2. The van der Waals surface area contributed by atoms with Gasteiger partial charge < -0.3 is 14.6 Å². The number of carbonyl (C=O) groups is 1. The van der Waals surface area contributed by atoms with Crippen molar-refractivity contribution in [3.63, 3.8) is 0 Å². The van der Waals surface area contributed by atoms with Gasteiger partial charge in [0.15, 0.2) is 0 Å². The molecule has 0 atom stereocenters. The number of rotatable bonds is 6. The number of hydrogen-bond donors (Lipinski definition) is 1. The molecule has 0 bridgehead atoms. The quantitative estimate of drug-likeness (QED) is 0.512. The van der Waals surface area contributed by atoms with Gasteiger partial charge >= 0.3 is 0 Å². The first-order chi connectivity index (χ1) is 14.6. The maximum Gasteiger partial charge on any atom is 0.244 e. The molecule has 0 saturated carbocycles. The van der Waals surface area contributed by atoms with Crippen LogP contribution in [-0.2, 0) is 17.6 Å². The van der Waals surface area contributed by atoms with Crippen molar-refractivity contribution in [3.05, 3.63) is 83.4 Å². The summed E-state index contributed by atoms with van der Waals surface area (Å²) >= 11 is 0. The van der Waals surface area contributed by atoms with Crippen molar-refractivity contribution in [2.75, 3.05) is 6.61 Å². The van der Waals surface area contributed by atoms with E-state index in [0.29, 0.717) is 5.75 Å². The molecule has 0 saturated heterocycles. The predicted octanol–water partition coefficient (Wildman–Crippen LogP) is 3.49. The summed E-state index contributed by atoms with van der Waals surface area (Å²) in [7, 11) is 0.